The topological polar surface area (TPSA) is 86.7 Å². The Hall–Kier alpha value is -2.09. The number of hydrogen-bond donors (Lipinski definition) is 2. The van der Waals surface area contributed by atoms with Gasteiger partial charge in [0, 0.05) is 13.0 Å². The van der Waals surface area contributed by atoms with E-state index in [1.165, 1.54) is 23.9 Å². The van der Waals surface area contributed by atoms with Crippen molar-refractivity contribution in [2.45, 2.75) is 56.7 Å². The number of carboxylic acids is 1. The summed E-state index contributed by atoms with van der Waals surface area (Å²) in [6.07, 6.45) is 6.00. The van der Waals surface area contributed by atoms with Crippen molar-refractivity contribution in [1.29, 1.82) is 0 Å². The Balaban J connectivity index is 1.49. The van der Waals surface area contributed by atoms with Gasteiger partial charge in [0.05, 0.1) is 11.8 Å². The molecule has 160 valence electrons. The number of benzene rings is 1. The fraction of sp³-hybridized carbons (Fsp3) is 0.571. The van der Waals surface area contributed by atoms with E-state index in [1.807, 2.05) is 12.1 Å². The van der Waals surface area contributed by atoms with E-state index in [9.17, 15) is 18.8 Å². The molecule has 0 spiro atoms. The van der Waals surface area contributed by atoms with Gasteiger partial charge in [-0.05, 0) is 49.1 Å². The highest BCUT2D eigenvalue weighted by molar-refractivity contribution is 7.99. The van der Waals surface area contributed by atoms with Gasteiger partial charge in [0.25, 0.3) is 0 Å². The summed E-state index contributed by atoms with van der Waals surface area (Å²) < 4.78 is 12.8. The number of unbranched alkanes of at least 4 members (excludes halogenated alkanes) is 3. The minimum absolute atomic E-state index is 0.0199. The van der Waals surface area contributed by atoms with Gasteiger partial charge in [-0.3, -0.25) is 14.4 Å². The van der Waals surface area contributed by atoms with Crippen LogP contribution in [-0.2, 0) is 20.8 Å². The van der Waals surface area contributed by atoms with E-state index < -0.39 is 5.97 Å². The van der Waals surface area contributed by atoms with Crippen molar-refractivity contribution in [1.82, 2.24) is 10.2 Å². The lowest BCUT2D eigenvalue weighted by Crippen LogP contribution is -2.54. The van der Waals surface area contributed by atoms with E-state index in [-0.39, 0.29) is 36.0 Å². The third-order valence-electron chi connectivity index (χ3n) is 4.80. The Morgan fingerprint density at radius 3 is 2.55 bits per heavy atom. The average molecular weight is 425 g/mol. The predicted molar refractivity (Wildman–Crippen MR) is 111 cm³/mol. The van der Waals surface area contributed by atoms with Crippen LogP contribution in [0.25, 0.3) is 0 Å². The summed E-state index contributed by atoms with van der Waals surface area (Å²) in [6.45, 7) is 0.661. The van der Waals surface area contributed by atoms with Crippen LogP contribution in [0.3, 0.4) is 0 Å². The van der Waals surface area contributed by atoms with Crippen LogP contribution in [0.4, 0.5) is 4.39 Å². The number of carbonyl (C=O) groups excluding carboxylic acids is 2. The number of thioether (sulfide) groups is 1. The molecule has 0 aromatic heterocycles. The van der Waals surface area contributed by atoms with Crippen molar-refractivity contribution in [3.8, 4) is 0 Å². The van der Waals surface area contributed by atoms with Crippen molar-refractivity contribution >= 4 is 29.5 Å². The Morgan fingerprint density at radius 2 is 1.86 bits per heavy atom. The third kappa shape index (κ3) is 8.85. The summed E-state index contributed by atoms with van der Waals surface area (Å²) in [6, 6.07) is 6.58. The largest absolute Gasteiger partial charge is 0.481 e. The third-order valence-corrected chi connectivity index (χ3v) is 6.13. The summed E-state index contributed by atoms with van der Waals surface area (Å²) in [7, 11) is 0. The fourth-order valence-electron chi connectivity index (χ4n) is 3.10. The number of β-lactam (4-membered cyclic amide) rings is 1. The van der Waals surface area contributed by atoms with Gasteiger partial charge in [-0.2, -0.15) is 0 Å². The predicted octanol–water partition coefficient (Wildman–Crippen LogP) is 3.20. The molecular weight excluding hydrogens is 395 g/mol. The quantitative estimate of drug-likeness (QED) is 0.354. The molecule has 1 aliphatic rings. The Morgan fingerprint density at radius 1 is 1.14 bits per heavy atom. The molecule has 1 aliphatic heterocycles. The Kier molecular flexibility index (Phi) is 9.97. The lowest BCUT2D eigenvalue weighted by atomic mass is 10.1. The highest BCUT2D eigenvalue weighted by atomic mass is 32.2. The number of nitrogens with one attached hydrogen (secondary N) is 1. The Labute approximate surface area is 175 Å². The average Bonchev–Trinajstić information content (AvgIpc) is 2.69. The molecule has 8 heteroatoms. The fourth-order valence-corrected chi connectivity index (χ4v) is 4.32. The monoisotopic (exact) mass is 424 g/mol. The van der Waals surface area contributed by atoms with Crippen molar-refractivity contribution < 1.29 is 23.9 Å². The summed E-state index contributed by atoms with van der Waals surface area (Å²) >= 11 is 1.54. The van der Waals surface area contributed by atoms with E-state index in [0.717, 1.165) is 37.7 Å². The van der Waals surface area contributed by atoms with Gasteiger partial charge < -0.3 is 15.3 Å². The van der Waals surface area contributed by atoms with E-state index in [1.54, 1.807) is 4.90 Å². The first-order valence-corrected chi connectivity index (χ1v) is 11.1. The van der Waals surface area contributed by atoms with E-state index in [2.05, 4.69) is 5.32 Å². The second kappa shape index (κ2) is 12.5. The second-order valence-electron chi connectivity index (χ2n) is 7.19. The van der Waals surface area contributed by atoms with Gasteiger partial charge in [-0.1, -0.05) is 25.0 Å². The number of carboxylic acid groups (broad SMARTS) is 1. The van der Waals surface area contributed by atoms with Crippen LogP contribution in [0.5, 0.6) is 0 Å². The van der Waals surface area contributed by atoms with Crippen molar-refractivity contribution in [2.24, 2.45) is 0 Å². The number of amides is 2. The Bertz CT molecular complexity index is 684. The van der Waals surface area contributed by atoms with Crippen molar-refractivity contribution in [3.05, 3.63) is 35.6 Å². The van der Waals surface area contributed by atoms with Gasteiger partial charge in [0.1, 0.15) is 12.4 Å². The summed E-state index contributed by atoms with van der Waals surface area (Å²) in [5, 5.41) is 11.5. The molecule has 1 unspecified atom stereocenters. The van der Waals surface area contributed by atoms with Gasteiger partial charge in [-0.25, -0.2) is 4.39 Å². The van der Waals surface area contributed by atoms with Gasteiger partial charge in [-0.15, -0.1) is 11.8 Å². The molecule has 1 saturated heterocycles. The van der Waals surface area contributed by atoms with Gasteiger partial charge in [0.2, 0.25) is 11.8 Å². The second-order valence-corrected chi connectivity index (χ2v) is 8.47. The zero-order valence-electron chi connectivity index (χ0n) is 16.6. The maximum Gasteiger partial charge on any atom is 0.303 e. The molecule has 0 aliphatic carbocycles. The summed E-state index contributed by atoms with van der Waals surface area (Å²) in [5.41, 5.74) is 1.13. The summed E-state index contributed by atoms with van der Waals surface area (Å²) in [4.78, 5) is 35.8. The van der Waals surface area contributed by atoms with E-state index >= 15 is 0 Å². The number of likely N-dealkylation sites (tertiary alicyclic amines) is 1. The maximum atomic E-state index is 12.8. The number of halogens is 1. The number of aryl methyl sites for hydroxylation is 1. The molecule has 1 fully saturated rings. The highest BCUT2D eigenvalue weighted by Crippen LogP contribution is 2.29. The van der Waals surface area contributed by atoms with Crippen LogP contribution in [0.2, 0.25) is 0 Å². The normalized spacial score (nSPS) is 15.8. The van der Waals surface area contributed by atoms with Crippen LogP contribution in [0.15, 0.2) is 24.3 Å². The van der Waals surface area contributed by atoms with Gasteiger partial charge in [0.15, 0.2) is 0 Å². The van der Waals surface area contributed by atoms with Crippen LogP contribution in [0, 0.1) is 5.82 Å². The minimum Gasteiger partial charge on any atom is -0.481 e. The van der Waals surface area contributed by atoms with E-state index in [0.29, 0.717) is 25.1 Å². The zero-order chi connectivity index (χ0) is 21.1. The molecule has 2 rings (SSSR count). The first-order valence-electron chi connectivity index (χ1n) is 10.1. The first-order chi connectivity index (χ1) is 14.0. The SMILES string of the molecule is O=C(O)CCCSC1CC(=O)N1CC(=O)NCCCCCCc1ccc(F)cc1. The van der Waals surface area contributed by atoms with Crippen LogP contribution >= 0.6 is 11.8 Å². The van der Waals surface area contributed by atoms with Crippen LogP contribution < -0.4 is 5.32 Å². The highest BCUT2D eigenvalue weighted by Gasteiger charge is 2.37. The lowest BCUT2D eigenvalue weighted by molar-refractivity contribution is -0.145. The zero-order valence-corrected chi connectivity index (χ0v) is 17.4. The molecule has 1 aromatic carbocycles. The number of rotatable bonds is 14. The number of carbonyl (C=O) groups is 3. The molecule has 1 atom stereocenters. The number of nitrogens with zero attached hydrogens (tertiary/aromatic N) is 1. The molecule has 2 amide bonds. The number of hydrogen-bond acceptors (Lipinski definition) is 4. The molecule has 0 bridgehead atoms. The van der Waals surface area contributed by atoms with Crippen LogP contribution in [0.1, 0.15) is 50.5 Å². The molecular formula is C21H29FN2O4S. The molecule has 1 heterocycles. The first kappa shape index (κ1) is 23.2. The maximum absolute atomic E-state index is 12.8. The van der Waals surface area contributed by atoms with Crippen molar-refractivity contribution in [2.75, 3.05) is 18.8 Å². The molecule has 1 aromatic rings. The van der Waals surface area contributed by atoms with Crippen molar-refractivity contribution in [3.63, 3.8) is 0 Å². The summed E-state index contributed by atoms with van der Waals surface area (Å²) in [5.74, 6) is -0.549. The molecule has 29 heavy (non-hydrogen) atoms. The standard InChI is InChI=1S/C21H29FN2O4S/c22-17-10-8-16(9-11-17)6-3-1-2-4-12-23-18(25)15-24-19(26)14-20(24)29-13-5-7-21(27)28/h8-11,20H,1-7,12-15H2,(H,23,25)(H,27,28). The molecule has 6 nitrogen and oxygen atoms in total. The lowest BCUT2D eigenvalue weighted by Gasteiger charge is -2.39. The molecule has 0 radical (unpaired) electrons. The van der Waals surface area contributed by atoms with Gasteiger partial charge >= 0.3 is 5.97 Å². The number of aliphatic carboxylic acids is 1. The van der Waals surface area contributed by atoms with Crippen LogP contribution in [-0.4, -0.2) is 52.0 Å². The van der Waals surface area contributed by atoms with E-state index in [4.69, 9.17) is 5.11 Å². The smallest absolute Gasteiger partial charge is 0.303 e. The molecule has 2 N–H and O–H groups in total. The molecule has 0 saturated carbocycles. The minimum atomic E-state index is -0.818.